The third-order valence-corrected chi connectivity index (χ3v) is 4.45. The van der Waals surface area contributed by atoms with Crippen LogP contribution < -0.4 is 10.1 Å². The number of hydrogen-bond acceptors (Lipinski definition) is 3. The Hall–Kier alpha value is -2.33. The molecule has 4 nitrogen and oxygen atoms in total. The van der Waals surface area contributed by atoms with Gasteiger partial charge in [-0.05, 0) is 60.1 Å². The van der Waals surface area contributed by atoms with Gasteiger partial charge in [-0.2, -0.15) is 0 Å². The molecule has 1 aliphatic carbocycles. The number of carbonyl (C=O) groups is 1. The van der Waals surface area contributed by atoms with Crippen LogP contribution in [0.3, 0.4) is 0 Å². The molecule has 24 heavy (non-hydrogen) atoms. The summed E-state index contributed by atoms with van der Waals surface area (Å²) in [6.07, 6.45) is 4.71. The molecular weight excluding hydrogens is 302 g/mol. The highest BCUT2D eigenvalue weighted by Crippen LogP contribution is 2.25. The lowest BCUT2D eigenvalue weighted by atomic mass is 9.92. The number of aliphatic hydroxyl groups excluding tert-OH is 1. The molecule has 0 saturated carbocycles. The molecule has 0 bridgehead atoms. The van der Waals surface area contributed by atoms with E-state index in [9.17, 15) is 9.90 Å². The number of aliphatic hydroxyl groups is 1. The van der Waals surface area contributed by atoms with E-state index < -0.39 is 0 Å². The summed E-state index contributed by atoms with van der Waals surface area (Å²) in [6.45, 7) is 0.362. The van der Waals surface area contributed by atoms with E-state index in [2.05, 4.69) is 17.4 Å². The van der Waals surface area contributed by atoms with Gasteiger partial charge in [0.2, 0.25) is 0 Å². The predicted molar refractivity (Wildman–Crippen MR) is 92.8 cm³/mol. The molecular formula is C20H23NO3. The number of aryl methyl sites for hydroxylation is 2. The molecule has 0 radical (unpaired) electrons. The molecule has 1 amide bonds. The zero-order valence-corrected chi connectivity index (χ0v) is 13.8. The van der Waals surface area contributed by atoms with Crippen LogP contribution in [0, 0.1) is 0 Å². The molecule has 0 atom stereocenters. The topological polar surface area (TPSA) is 58.6 Å². The Kier molecular flexibility index (Phi) is 5.49. The number of hydrogen-bond donors (Lipinski definition) is 2. The van der Waals surface area contributed by atoms with E-state index in [1.807, 2.05) is 30.3 Å². The Morgan fingerprint density at radius 3 is 2.58 bits per heavy atom. The van der Waals surface area contributed by atoms with Crippen molar-refractivity contribution in [2.45, 2.75) is 38.8 Å². The normalized spacial score (nSPS) is 13.2. The van der Waals surface area contributed by atoms with E-state index in [0.29, 0.717) is 6.54 Å². The number of amides is 1. The first kappa shape index (κ1) is 16.5. The maximum atomic E-state index is 12.0. The van der Waals surface area contributed by atoms with Crippen molar-refractivity contribution < 1.29 is 14.6 Å². The van der Waals surface area contributed by atoms with Gasteiger partial charge in [-0.3, -0.25) is 4.79 Å². The summed E-state index contributed by atoms with van der Waals surface area (Å²) in [7, 11) is 0. The van der Waals surface area contributed by atoms with E-state index in [1.165, 1.54) is 24.0 Å². The SMILES string of the molecule is O=C(COc1ccc2c(c1)CCCC2)NCc1ccccc1CO. The van der Waals surface area contributed by atoms with Crippen molar-refractivity contribution in [3.8, 4) is 5.75 Å². The third-order valence-electron chi connectivity index (χ3n) is 4.45. The van der Waals surface area contributed by atoms with Crippen molar-refractivity contribution in [1.29, 1.82) is 0 Å². The molecule has 0 aliphatic heterocycles. The van der Waals surface area contributed by atoms with Crippen molar-refractivity contribution in [2.75, 3.05) is 6.61 Å². The number of rotatable bonds is 6. The Bertz CT molecular complexity index is 712. The predicted octanol–water partition coefficient (Wildman–Crippen LogP) is 2.75. The highest BCUT2D eigenvalue weighted by molar-refractivity contribution is 5.77. The standard InChI is InChI=1S/C20H23NO3/c22-13-18-8-4-3-7-17(18)12-21-20(23)14-24-19-10-9-15-5-1-2-6-16(15)11-19/h3-4,7-11,22H,1-2,5-6,12-14H2,(H,21,23). The van der Waals surface area contributed by atoms with Crippen LogP contribution in [0.15, 0.2) is 42.5 Å². The van der Waals surface area contributed by atoms with Gasteiger partial charge in [-0.1, -0.05) is 30.3 Å². The minimum Gasteiger partial charge on any atom is -0.484 e. The lowest BCUT2D eigenvalue weighted by Crippen LogP contribution is -2.28. The largest absolute Gasteiger partial charge is 0.484 e. The maximum absolute atomic E-state index is 12.0. The minimum absolute atomic E-state index is 0.0000779. The fraction of sp³-hybridized carbons (Fsp3) is 0.350. The summed E-state index contributed by atoms with van der Waals surface area (Å²) in [5, 5.41) is 12.1. The Balaban J connectivity index is 1.50. The molecule has 2 aromatic rings. The van der Waals surface area contributed by atoms with Crippen molar-refractivity contribution >= 4 is 5.91 Å². The van der Waals surface area contributed by atoms with Crippen molar-refractivity contribution in [3.05, 3.63) is 64.7 Å². The van der Waals surface area contributed by atoms with E-state index >= 15 is 0 Å². The van der Waals surface area contributed by atoms with E-state index in [4.69, 9.17) is 4.74 Å². The van der Waals surface area contributed by atoms with Crippen molar-refractivity contribution in [2.24, 2.45) is 0 Å². The summed E-state index contributed by atoms with van der Waals surface area (Å²) in [6, 6.07) is 13.6. The average Bonchev–Trinajstić information content (AvgIpc) is 2.64. The quantitative estimate of drug-likeness (QED) is 0.858. The van der Waals surface area contributed by atoms with E-state index in [0.717, 1.165) is 29.7 Å². The molecule has 2 N–H and O–H groups in total. The Morgan fingerprint density at radius 1 is 1.04 bits per heavy atom. The molecule has 4 heteroatoms. The molecule has 0 fully saturated rings. The van der Waals surface area contributed by atoms with Crippen LogP contribution in [0.5, 0.6) is 5.75 Å². The monoisotopic (exact) mass is 325 g/mol. The second kappa shape index (κ2) is 7.97. The second-order valence-corrected chi connectivity index (χ2v) is 6.13. The highest BCUT2D eigenvalue weighted by atomic mass is 16.5. The fourth-order valence-corrected chi connectivity index (χ4v) is 3.08. The lowest BCUT2D eigenvalue weighted by Gasteiger charge is -2.16. The molecule has 0 saturated heterocycles. The number of ether oxygens (including phenoxy) is 1. The van der Waals surface area contributed by atoms with Crippen LogP contribution >= 0.6 is 0 Å². The first-order chi connectivity index (χ1) is 11.8. The van der Waals surface area contributed by atoms with Gasteiger partial charge in [-0.15, -0.1) is 0 Å². The molecule has 126 valence electrons. The number of nitrogens with one attached hydrogen (secondary N) is 1. The zero-order chi connectivity index (χ0) is 16.8. The van der Waals surface area contributed by atoms with Crippen LogP contribution in [-0.2, 0) is 30.8 Å². The van der Waals surface area contributed by atoms with Gasteiger partial charge in [-0.25, -0.2) is 0 Å². The molecule has 1 aliphatic rings. The van der Waals surface area contributed by atoms with Gasteiger partial charge in [0, 0.05) is 6.54 Å². The van der Waals surface area contributed by atoms with Gasteiger partial charge in [0.25, 0.3) is 5.91 Å². The average molecular weight is 325 g/mol. The molecule has 0 aromatic heterocycles. The van der Waals surface area contributed by atoms with Gasteiger partial charge < -0.3 is 15.2 Å². The van der Waals surface area contributed by atoms with E-state index in [-0.39, 0.29) is 19.1 Å². The first-order valence-electron chi connectivity index (χ1n) is 8.45. The number of carbonyl (C=O) groups excluding carboxylic acids is 1. The summed E-state index contributed by atoms with van der Waals surface area (Å²) in [4.78, 5) is 12.0. The van der Waals surface area contributed by atoms with Gasteiger partial charge >= 0.3 is 0 Å². The number of benzene rings is 2. The summed E-state index contributed by atoms with van der Waals surface area (Å²) < 4.78 is 5.62. The summed E-state index contributed by atoms with van der Waals surface area (Å²) in [5.41, 5.74) is 4.49. The highest BCUT2D eigenvalue weighted by Gasteiger charge is 2.11. The summed E-state index contributed by atoms with van der Waals surface area (Å²) >= 11 is 0. The zero-order valence-electron chi connectivity index (χ0n) is 13.8. The van der Waals surface area contributed by atoms with Gasteiger partial charge in [0.05, 0.1) is 6.61 Å². The van der Waals surface area contributed by atoms with Crippen molar-refractivity contribution in [3.63, 3.8) is 0 Å². The fourth-order valence-electron chi connectivity index (χ4n) is 3.08. The first-order valence-corrected chi connectivity index (χ1v) is 8.45. The van der Waals surface area contributed by atoms with Crippen LogP contribution in [0.1, 0.15) is 35.1 Å². The smallest absolute Gasteiger partial charge is 0.258 e. The Morgan fingerprint density at radius 2 is 1.79 bits per heavy atom. The molecule has 2 aromatic carbocycles. The molecule has 0 unspecified atom stereocenters. The second-order valence-electron chi connectivity index (χ2n) is 6.13. The number of fused-ring (bicyclic) bond motifs is 1. The van der Waals surface area contributed by atoms with Gasteiger partial charge in [0.15, 0.2) is 6.61 Å². The van der Waals surface area contributed by atoms with Crippen LogP contribution in [0.25, 0.3) is 0 Å². The van der Waals surface area contributed by atoms with Crippen molar-refractivity contribution in [1.82, 2.24) is 5.32 Å². The summed E-state index contributed by atoms with van der Waals surface area (Å²) in [5.74, 6) is 0.585. The van der Waals surface area contributed by atoms with Crippen LogP contribution in [0.2, 0.25) is 0 Å². The lowest BCUT2D eigenvalue weighted by molar-refractivity contribution is -0.123. The maximum Gasteiger partial charge on any atom is 0.258 e. The molecule has 0 spiro atoms. The Labute approximate surface area is 142 Å². The molecule has 3 rings (SSSR count). The van der Waals surface area contributed by atoms with Gasteiger partial charge in [0.1, 0.15) is 5.75 Å². The van der Waals surface area contributed by atoms with Crippen LogP contribution in [0.4, 0.5) is 0 Å². The minimum atomic E-state index is -0.166. The van der Waals surface area contributed by atoms with Crippen LogP contribution in [-0.4, -0.2) is 17.6 Å². The third kappa shape index (κ3) is 4.15. The molecule has 0 heterocycles. The van der Waals surface area contributed by atoms with E-state index in [1.54, 1.807) is 0 Å².